The van der Waals surface area contributed by atoms with Crippen LogP contribution in [0.4, 0.5) is 46.3 Å². The van der Waals surface area contributed by atoms with Crippen molar-refractivity contribution < 1.29 is 45.0 Å². The van der Waals surface area contributed by atoms with Crippen molar-refractivity contribution >= 4 is 49.2 Å². The maximum absolute atomic E-state index is 17.2. The molecule has 3 aliphatic heterocycles. The molecule has 4 aromatic rings. The zero-order chi connectivity index (χ0) is 37.8. The van der Waals surface area contributed by atoms with Gasteiger partial charge in [0.05, 0.1) is 21.4 Å². The predicted octanol–water partition coefficient (Wildman–Crippen LogP) is 7.22. The molecular formula is C35H34F7N7O3S. The lowest BCUT2D eigenvalue weighted by Crippen LogP contribution is -2.43. The number of carbonyl (C=O) groups is 1. The Morgan fingerprint density at radius 3 is 2.74 bits per heavy atom. The number of hydrogen-bond donors (Lipinski definition) is 1. The topological polar surface area (TPSA) is 121 Å². The van der Waals surface area contributed by atoms with Crippen LogP contribution in [-0.2, 0) is 10.9 Å². The van der Waals surface area contributed by atoms with Crippen molar-refractivity contribution in [1.29, 1.82) is 5.26 Å². The van der Waals surface area contributed by atoms with Crippen LogP contribution < -0.4 is 15.4 Å². The smallest absolute Gasteiger partial charge is 0.417 e. The Bertz CT molecular complexity index is 2130. The van der Waals surface area contributed by atoms with Crippen molar-refractivity contribution in [2.45, 2.75) is 56.5 Å². The normalized spacial score (nSPS) is 21.8. The van der Waals surface area contributed by atoms with E-state index in [-0.39, 0.29) is 77.1 Å². The monoisotopic (exact) mass is 765 g/mol. The summed E-state index contributed by atoms with van der Waals surface area (Å²) in [5, 5.41) is 9.11. The Balaban J connectivity index is 1.42. The molecule has 10 nitrogen and oxygen atoms in total. The molecule has 0 spiro atoms. The summed E-state index contributed by atoms with van der Waals surface area (Å²) in [7, 11) is 0. The molecule has 3 unspecified atom stereocenters. The molecule has 3 saturated heterocycles. The first-order valence-electron chi connectivity index (χ1n) is 17.1. The number of thiophene rings is 1. The van der Waals surface area contributed by atoms with Crippen molar-refractivity contribution in [3.63, 3.8) is 0 Å². The minimum Gasteiger partial charge on any atom is -0.461 e. The Hall–Kier alpha value is -4.63. The molecule has 2 aromatic carbocycles. The standard InChI is InChI=1S/C35H34F7N7O3S/c1-2-49(19-6-10-47(16-19)33(50)51-11-8-36)31-21-12-23(35(40,41)42)26(20-4-5-24(38)29-25(20)22(14-43)30(44)53-29)27(39)28(21)45-32(46-31)52-17-34-7-3-9-48(34)15-18(37)13-34/h4-5,12,18-19H,2-3,6-11,13,15-17,44H2,1H3. The third-order valence-electron chi connectivity index (χ3n) is 10.4. The highest BCUT2D eigenvalue weighted by molar-refractivity contribution is 7.23. The first-order chi connectivity index (χ1) is 25.3. The van der Waals surface area contributed by atoms with Crippen LogP contribution in [0.25, 0.3) is 32.1 Å². The average Bonchev–Trinajstić information content (AvgIpc) is 3.89. The number of nitriles is 1. The molecular weight excluding hydrogens is 731 g/mol. The van der Waals surface area contributed by atoms with Gasteiger partial charge in [0.25, 0.3) is 0 Å². The number of nitrogen functional groups attached to an aromatic ring is 1. The fourth-order valence-corrected chi connectivity index (χ4v) is 9.03. The van der Waals surface area contributed by atoms with Gasteiger partial charge in [-0.25, -0.2) is 22.4 Å². The number of hydrogen-bond acceptors (Lipinski definition) is 10. The summed E-state index contributed by atoms with van der Waals surface area (Å²) >= 11 is 0.658. The summed E-state index contributed by atoms with van der Waals surface area (Å²) in [6.07, 6.45) is -5.04. The van der Waals surface area contributed by atoms with E-state index in [9.17, 15) is 23.2 Å². The molecule has 2 aromatic heterocycles. The number of carbonyl (C=O) groups excluding carboxylic acids is 1. The van der Waals surface area contributed by atoms with Crippen LogP contribution in [0.5, 0.6) is 6.01 Å². The van der Waals surface area contributed by atoms with Gasteiger partial charge in [-0.1, -0.05) is 6.07 Å². The Labute approximate surface area is 302 Å². The Morgan fingerprint density at radius 2 is 2.02 bits per heavy atom. The van der Waals surface area contributed by atoms with Gasteiger partial charge in [-0.2, -0.15) is 28.4 Å². The lowest BCUT2D eigenvalue weighted by atomic mass is 9.92. The van der Waals surface area contributed by atoms with E-state index in [1.54, 1.807) is 17.9 Å². The molecule has 5 heterocycles. The second kappa shape index (κ2) is 14.0. The van der Waals surface area contributed by atoms with Crippen LogP contribution in [0.3, 0.4) is 0 Å². The molecule has 3 fully saturated rings. The van der Waals surface area contributed by atoms with Crippen LogP contribution in [0, 0.1) is 23.0 Å². The number of nitrogens with zero attached hydrogens (tertiary/aromatic N) is 6. The van der Waals surface area contributed by atoms with E-state index in [0.29, 0.717) is 30.7 Å². The third-order valence-corrected chi connectivity index (χ3v) is 11.4. The van der Waals surface area contributed by atoms with Crippen molar-refractivity contribution in [2.75, 3.05) is 63.2 Å². The number of amides is 1. The summed E-state index contributed by atoms with van der Waals surface area (Å²) in [6, 6.07) is 3.48. The fourth-order valence-electron chi connectivity index (χ4n) is 8.08. The number of benzene rings is 2. The second-order valence-corrected chi connectivity index (χ2v) is 14.5. The maximum atomic E-state index is 17.2. The molecule has 2 N–H and O–H groups in total. The van der Waals surface area contributed by atoms with E-state index in [4.69, 9.17) is 15.2 Å². The van der Waals surface area contributed by atoms with Crippen LogP contribution in [0.15, 0.2) is 18.2 Å². The van der Waals surface area contributed by atoms with E-state index in [0.717, 1.165) is 24.6 Å². The van der Waals surface area contributed by atoms with Gasteiger partial charge in [0, 0.05) is 55.0 Å². The highest BCUT2D eigenvalue weighted by Gasteiger charge is 2.49. The van der Waals surface area contributed by atoms with Crippen molar-refractivity contribution in [1.82, 2.24) is 19.8 Å². The first-order valence-corrected chi connectivity index (χ1v) is 17.9. The summed E-state index contributed by atoms with van der Waals surface area (Å²) in [5.41, 5.74) is 1.65. The van der Waals surface area contributed by atoms with Gasteiger partial charge in [0.1, 0.15) is 54.3 Å². The zero-order valence-corrected chi connectivity index (χ0v) is 29.2. The lowest BCUT2D eigenvalue weighted by Gasteiger charge is -2.32. The summed E-state index contributed by atoms with van der Waals surface area (Å²) < 4.78 is 115. The van der Waals surface area contributed by atoms with Crippen molar-refractivity contribution in [3.05, 3.63) is 41.0 Å². The number of anilines is 2. The molecule has 7 rings (SSSR count). The number of halogens is 7. The molecule has 1 amide bonds. The molecule has 0 radical (unpaired) electrons. The predicted molar refractivity (Wildman–Crippen MR) is 183 cm³/mol. The summed E-state index contributed by atoms with van der Waals surface area (Å²) in [5.74, 6) is -2.38. The van der Waals surface area contributed by atoms with E-state index in [1.165, 1.54) is 4.90 Å². The number of alkyl halides is 5. The zero-order valence-electron chi connectivity index (χ0n) is 28.4. The largest absolute Gasteiger partial charge is 0.461 e. The highest BCUT2D eigenvalue weighted by atomic mass is 32.1. The number of likely N-dealkylation sites (tertiary alicyclic amines) is 1. The number of ether oxygens (including phenoxy) is 2. The fraction of sp³-hybridized carbons (Fsp3) is 0.486. The quantitative estimate of drug-likeness (QED) is 0.176. The minimum absolute atomic E-state index is 0.0490. The number of nitrogens with two attached hydrogens (primary N) is 1. The van der Waals surface area contributed by atoms with Crippen LogP contribution >= 0.6 is 11.3 Å². The SMILES string of the molecule is CCN(c1nc(OCC23CCCN2CC(F)C3)nc2c(F)c(-c3ccc(F)c4sc(N)c(C#N)c34)c(C(F)(F)F)cc12)C1CCN(C(=O)OCCF)C1. The number of likely N-dealkylation sites (N-methyl/N-ethyl adjacent to an activating group) is 1. The Kier molecular flexibility index (Phi) is 9.68. The van der Waals surface area contributed by atoms with Gasteiger partial charge in [-0.15, -0.1) is 11.3 Å². The maximum Gasteiger partial charge on any atom is 0.417 e. The molecule has 3 atom stereocenters. The Morgan fingerprint density at radius 1 is 1.23 bits per heavy atom. The van der Waals surface area contributed by atoms with E-state index < -0.39 is 77.1 Å². The first kappa shape index (κ1) is 36.7. The third kappa shape index (κ3) is 6.41. The van der Waals surface area contributed by atoms with Crippen LogP contribution in [0.1, 0.15) is 43.7 Å². The van der Waals surface area contributed by atoms with Gasteiger partial charge in [0.2, 0.25) is 0 Å². The molecule has 0 bridgehead atoms. The number of rotatable bonds is 9. The summed E-state index contributed by atoms with van der Waals surface area (Å²) in [6.45, 7) is 1.61. The molecule has 0 saturated carbocycles. The van der Waals surface area contributed by atoms with Gasteiger partial charge >= 0.3 is 18.3 Å². The molecule has 0 aliphatic carbocycles. The molecule has 18 heteroatoms. The van der Waals surface area contributed by atoms with Gasteiger partial charge < -0.3 is 25.0 Å². The highest BCUT2D eigenvalue weighted by Crippen LogP contribution is 2.48. The molecule has 282 valence electrons. The second-order valence-electron chi connectivity index (χ2n) is 13.4. The van der Waals surface area contributed by atoms with Crippen molar-refractivity contribution in [3.8, 4) is 23.2 Å². The van der Waals surface area contributed by atoms with E-state index in [2.05, 4.69) is 9.97 Å². The summed E-state index contributed by atoms with van der Waals surface area (Å²) in [4.78, 5) is 26.3. The van der Waals surface area contributed by atoms with Gasteiger partial charge in [-0.05, 0) is 50.4 Å². The molecule has 3 aliphatic rings. The van der Waals surface area contributed by atoms with Gasteiger partial charge in [0.15, 0.2) is 5.82 Å². The van der Waals surface area contributed by atoms with E-state index >= 15 is 17.6 Å². The van der Waals surface area contributed by atoms with E-state index in [1.807, 2.05) is 4.90 Å². The van der Waals surface area contributed by atoms with Crippen molar-refractivity contribution in [2.24, 2.45) is 0 Å². The minimum atomic E-state index is -5.16. The number of fused-ring (bicyclic) bond motifs is 3. The van der Waals surface area contributed by atoms with Crippen LogP contribution in [-0.4, -0.2) is 96.2 Å². The molecule has 53 heavy (non-hydrogen) atoms. The number of aromatic nitrogens is 2. The lowest BCUT2D eigenvalue weighted by molar-refractivity contribution is -0.137. The average molecular weight is 766 g/mol. The van der Waals surface area contributed by atoms with Gasteiger partial charge in [-0.3, -0.25) is 4.90 Å². The van der Waals surface area contributed by atoms with Crippen LogP contribution in [0.2, 0.25) is 0 Å².